The number of carbonyl (C=O) groups excluding carboxylic acids is 3. The third-order valence-corrected chi connectivity index (χ3v) is 9.93. The molecular weight excluding hydrogens is 448 g/mol. The lowest BCUT2D eigenvalue weighted by Gasteiger charge is -2.64. The van der Waals surface area contributed by atoms with Crippen molar-refractivity contribution in [3.8, 4) is 0 Å². The number of aliphatic hydroxyl groups is 2. The van der Waals surface area contributed by atoms with Crippen LogP contribution in [0.2, 0.25) is 0 Å². The first-order chi connectivity index (χ1) is 16.3. The van der Waals surface area contributed by atoms with Crippen LogP contribution in [0, 0.1) is 34.5 Å². The van der Waals surface area contributed by atoms with Crippen molar-refractivity contribution in [1.29, 1.82) is 0 Å². The van der Waals surface area contributed by atoms with Crippen LogP contribution in [0.4, 0.5) is 0 Å². The third kappa shape index (κ3) is 3.97. The molecule has 3 saturated carbocycles. The van der Waals surface area contributed by atoms with Crippen LogP contribution in [0.15, 0.2) is 11.6 Å². The molecule has 3 fully saturated rings. The molecule has 2 N–H and O–H groups in total. The molecule has 4 aliphatic rings. The summed E-state index contributed by atoms with van der Waals surface area (Å²) < 4.78 is 12.2. The summed E-state index contributed by atoms with van der Waals surface area (Å²) in [7, 11) is 0. The fourth-order valence-corrected chi connectivity index (χ4v) is 8.31. The Morgan fingerprint density at radius 2 is 1.80 bits per heavy atom. The lowest BCUT2D eigenvalue weighted by Crippen LogP contribution is -2.72. The van der Waals surface area contributed by atoms with Gasteiger partial charge in [0.15, 0.2) is 0 Å². The topological polar surface area (TPSA) is 110 Å². The minimum Gasteiger partial charge on any atom is -0.458 e. The van der Waals surface area contributed by atoms with Gasteiger partial charge in [-0.1, -0.05) is 39.3 Å². The van der Waals surface area contributed by atoms with E-state index in [0.29, 0.717) is 38.5 Å². The summed E-state index contributed by atoms with van der Waals surface area (Å²) in [5.74, 6) is -1.89. The van der Waals surface area contributed by atoms with E-state index >= 15 is 0 Å². The molecule has 4 rings (SSSR count). The van der Waals surface area contributed by atoms with Crippen LogP contribution in [-0.2, 0) is 23.9 Å². The van der Waals surface area contributed by atoms with E-state index < -0.39 is 46.6 Å². The average molecular weight is 491 g/mol. The largest absolute Gasteiger partial charge is 0.458 e. The molecule has 0 aromatic rings. The third-order valence-electron chi connectivity index (χ3n) is 9.93. The van der Waals surface area contributed by atoms with E-state index in [4.69, 9.17) is 9.47 Å². The highest BCUT2D eigenvalue weighted by Crippen LogP contribution is 2.69. The second-order valence-electron chi connectivity index (χ2n) is 12.4. The van der Waals surface area contributed by atoms with E-state index in [0.717, 1.165) is 5.57 Å². The zero-order chi connectivity index (χ0) is 25.9. The summed E-state index contributed by atoms with van der Waals surface area (Å²) in [6.07, 6.45) is 3.61. The van der Waals surface area contributed by atoms with Gasteiger partial charge >= 0.3 is 11.9 Å². The minimum atomic E-state index is -1.25. The van der Waals surface area contributed by atoms with E-state index in [1.54, 1.807) is 0 Å². The summed E-state index contributed by atoms with van der Waals surface area (Å²) in [6, 6.07) is 0. The van der Waals surface area contributed by atoms with Gasteiger partial charge in [0, 0.05) is 30.6 Å². The van der Waals surface area contributed by atoms with Gasteiger partial charge in [-0.25, -0.2) is 0 Å². The Labute approximate surface area is 208 Å². The molecule has 0 unspecified atom stereocenters. The molecule has 196 valence electrons. The van der Waals surface area contributed by atoms with Gasteiger partial charge in [-0.05, 0) is 62.7 Å². The quantitative estimate of drug-likeness (QED) is 0.446. The number of allylic oxidation sites excluding steroid dienone is 1. The Morgan fingerprint density at radius 1 is 1.11 bits per heavy atom. The number of fused-ring (bicyclic) bond motifs is 5. The first-order valence-corrected chi connectivity index (χ1v) is 13.2. The standard InChI is InChI=1S/C28H42O7/c1-15(2)13-22(32)35-24-23-21(8-7-18-14-19(31)9-11-26(18,23)5)28(33)12-10-20(16(3)29)27(28,6)25(24)34-17(4)30/h7,15,19-21,23-25,31,33H,8-14H2,1-6H3/t19-,20+,21+,23+,24-,25+,26-,27-,28-/m0/s1. The zero-order valence-corrected chi connectivity index (χ0v) is 22.0. The molecular formula is C28H42O7. The van der Waals surface area contributed by atoms with E-state index in [2.05, 4.69) is 13.0 Å². The van der Waals surface area contributed by atoms with Crippen molar-refractivity contribution in [3.05, 3.63) is 11.6 Å². The first-order valence-electron chi connectivity index (χ1n) is 13.2. The maximum atomic E-state index is 13.1. The number of rotatable bonds is 5. The molecule has 0 amide bonds. The Balaban J connectivity index is 1.90. The maximum absolute atomic E-state index is 13.1. The van der Waals surface area contributed by atoms with Gasteiger partial charge in [-0.3, -0.25) is 14.4 Å². The van der Waals surface area contributed by atoms with Crippen LogP contribution >= 0.6 is 0 Å². The number of aliphatic hydroxyl groups excluding tert-OH is 1. The number of carbonyl (C=O) groups is 3. The molecule has 0 aromatic heterocycles. The van der Waals surface area contributed by atoms with Crippen molar-refractivity contribution in [2.75, 3.05) is 0 Å². The molecule has 35 heavy (non-hydrogen) atoms. The Bertz CT molecular complexity index is 924. The lowest BCUT2D eigenvalue weighted by atomic mass is 9.44. The Kier molecular flexibility index (Phi) is 6.76. The highest BCUT2D eigenvalue weighted by Gasteiger charge is 2.75. The molecule has 0 aromatic carbocycles. The summed E-state index contributed by atoms with van der Waals surface area (Å²) in [4.78, 5) is 38.4. The van der Waals surface area contributed by atoms with E-state index in [1.807, 2.05) is 20.8 Å². The number of ketones is 1. The van der Waals surface area contributed by atoms with Crippen molar-refractivity contribution in [3.63, 3.8) is 0 Å². The SMILES string of the molecule is CC(=O)O[C@@H]1[C@@H](OC(=O)CC(C)C)[C@H]2[C@@H](CC=C3C[C@@H](O)CC[C@@]32C)[C@@]2(O)CC[C@H](C(C)=O)[C@@]12C. The molecule has 0 radical (unpaired) electrons. The van der Waals surface area contributed by atoms with Crippen molar-refractivity contribution < 1.29 is 34.1 Å². The van der Waals surface area contributed by atoms with Crippen molar-refractivity contribution >= 4 is 17.7 Å². The van der Waals surface area contributed by atoms with Crippen molar-refractivity contribution in [2.24, 2.45) is 34.5 Å². The molecule has 0 saturated heterocycles. The number of esters is 2. The van der Waals surface area contributed by atoms with Crippen LogP contribution in [-0.4, -0.2) is 51.8 Å². The van der Waals surface area contributed by atoms with Gasteiger partial charge in [0.1, 0.15) is 18.0 Å². The summed E-state index contributed by atoms with van der Waals surface area (Å²) >= 11 is 0. The van der Waals surface area contributed by atoms with Gasteiger partial charge in [0.25, 0.3) is 0 Å². The highest BCUT2D eigenvalue weighted by atomic mass is 16.6. The summed E-state index contributed by atoms with van der Waals surface area (Å²) in [5.41, 5.74) is -1.63. The molecule has 9 atom stereocenters. The van der Waals surface area contributed by atoms with E-state index in [-0.39, 0.29) is 35.9 Å². The molecule has 4 aliphatic carbocycles. The second kappa shape index (κ2) is 8.98. The van der Waals surface area contributed by atoms with Crippen LogP contribution in [0.25, 0.3) is 0 Å². The van der Waals surface area contributed by atoms with Gasteiger partial charge in [-0.15, -0.1) is 0 Å². The fourth-order valence-electron chi connectivity index (χ4n) is 8.31. The minimum absolute atomic E-state index is 0.0506. The lowest BCUT2D eigenvalue weighted by molar-refractivity contribution is -0.274. The zero-order valence-electron chi connectivity index (χ0n) is 22.0. The first kappa shape index (κ1) is 26.3. The summed E-state index contributed by atoms with van der Waals surface area (Å²) in [6.45, 7) is 10.7. The number of Topliss-reactive ketones (excluding diaryl/α,β-unsaturated/α-hetero) is 1. The van der Waals surface area contributed by atoms with Gasteiger partial charge in [-0.2, -0.15) is 0 Å². The molecule has 0 bridgehead atoms. The molecule has 0 aliphatic heterocycles. The number of hydrogen-bond donors (Lipinski definition) is 2. The Morgan fingerprint density at radius 3 is 2.40 bits per heavy atom. The van der Waals surface area contributed by atoms with Gasteiger partial charge in [0.2, 0.25) is 0 Å². The van der Waals surface area contributed by atoms with Crippen LogP contribution in [0.3, 0.4) is 0 Å². The Hall–Kier alpha value is -1.73. The summed E-state index contributed by atoms with van der Waals surface area (Å²) in [5, 5.41) is 22.9. The normalized spacial score (nSPS) is 44.5. The smallest absolute Gasteiger partial charge is 0.306 e. The maximum Gasteiger partial charge on any atom is 0.306 e. The molecule has 0 spiro atoms. The molecule has 7 nitrogen and oxygen atoms in total. The van der Waals surface area contributed by atoms with Crippen LogP contribution < -0.4 is 0 Å². The number of ether oxygens (including phenoxy) is 2. The second-order valence-corrected chi connectivity index (χ2v) is 12.4. The van der Waals surface area contributed by atoms with Crippen molar-refractivity contribution in [2.45, 2.75) is 110 Å². The predicted octanol–water partition coefficient (Wildman–Crippen LogP) is 3.74. The average Bonchev–Trinajstić information content (AvgIpc) is 3.02. The van der Waals surface area contributed by atoms with Gasteiger partial charge in [0.05, 0.1) is 11.7 Å². The molecule has 0 heterocycles. The molecule has 7 heteroatoms. The van der Waals surface area contributed by atoms with Crippen LogP contribution in [0.1, 0.15) is 86.5 Å². The van der Waals surface area contributed by atoms with Crippen molar-refractivity contribution in [1.82, 2.24) is 0 Å². The van der Waals surface area contributed by atoms with Gasteiger partial charge < -0.3 is 19.7 Å². The highest BCUT2D eigenvalue weighted by molar-refractivity contribution is 5.80. The fraction of sp³-hybridized carbons (Fsp3) is 0.821. The van der Waals surface area contributed by atoms with Crippen LogP contribution in [0.5, 0.6) is 0 Å². The number of hydrogen-bond acceptors (Lipinski definition) is 7. The predicted molar refractivity (Wildman–Crippen MR) is 129 cm³/mol. The van der Waals surface area contributed by atoms with E-state index in [1.165, 1.54) is 13.8 Å². The monoisotopic (exact) mass is 490 g/mol. The van der Waals surface area contributed by atoms with E-state index in [9.17, 15) is 24.6 Å².